The van der Waals surface area contributed by atoms with Crippen LogP contribution in [0.2, 0.25) is 0 Å². The molecule has 0 aliphatic rings. The average Bonchev–Trinajstić information content (AvgIpc) is 2.04. The Bertz CT molecular complexity index is 292. The number of benzene rings is 1. The van der Waals surface area contributed by atoms with Gasteiger partial charge in [0, 0.05) is 26.2 Å². The van der Waals surface area contributed by atoms with Gasteiger partial charge in [-0.15, -0.1) is 0 Å². The second-order valence-electron chi connectivity index (χ2n) is 3.09. The zero-order valence-electron chi connectivity index (χ0n) is 7.75. The van der Waals surface area contributed by atoms with Gasteiger partial charge in [-0.05, 0) is 33.6 Å². The fourth-order valence-electron chi connectivity index (χ4n) is 1.07. The lowest BCUT2D eigenvalue weighted by atomic mass is 10.1. The maximum atomic E-state index is 10.7. The lowest BCUT2D eigenvalue weighted by Gasteiger charge is -2.12. The van der Waals surface area contributed by atoms with E-state index in [1.54, 1.807) is 0 Å². The van der Waals surface area contributed by atoms with E-state index in [1.807, 2.05) is 43.3 Å². The highest BCUT2D eigenvalue weighted by molar-refractivity contribution is 9.18. The van der Waals surface area contributed by atoms with Crippen LogP contribution in [0.25, 0.3) is 0 Å². The van der Waals surface area contributed by atoms with Gasteiger partial charge in [-0.25, -0.2) is 0 Å². The molecule has 0 saturated carbocycles. The molecule has 0 atom stereocenters. The van der Waals surface area contributed by atoms with Crippen molar-refractivity contribution in [3.05, 3.63) is 29.8 Å². The Labute approximate surface area is 86.7 Å². The molecule has 1 aromatic rings. The van der Waals surface area contributed by atoms with Gasteiger partial charge in [-0.1, -0.05) is 12.1 Å². The first kappa shape index (κ1) is 10.3. The van der Waals surface area contributed by atoms with Crippen molar-refractivity contribution < 1.29 is 4.79 Å². The molecule has 0 fully saturated rings. The van der Waals surface area contributed by atoms with Crippen LogP contribution in [0.1, 0.15) is 5.56 Å². The summed E-state index contributed by atoms with van der Waals surface area (Å²) < 4.78 is 0.0186. The van der Waals surface area contributed by atoms with Gasteiger partial charge in [0.1, 0.15) is 0 Å². The summed E-state index contributed by atoms with van der Waals surface area (Å²) in [7, 11) is 3.98. The quantitative estimate of drug-likeness (QED) is 0.757. The molecular weight excluding hydrogens is 230 g/mol. The Morgan fingerprint density at radius 3 is 2.23 bits per heavy atom. The van der Waals surface area contributed by atoms with E-state index in [2.05, 4.69) is 15.9 Å². The molecule has 0 aromatic heterocycles. The van der Waals surface area contributed by atoms with Crippen LogP contribution in [-0.2, 0) is 11.2 Å². The molecule has 13 heavy (non-hydrogen) atoms. The number of hydrogen-bond acceptors (Lipinski definition) is 2. The molecule has 0 saturated heterocycles. The molecule has 0 radical (unpaired) electrons. The molecule has 0 amide bonds. The van der Waals surface area contributed by atoms with Gasteiger partial charge in [-0.2, -0.15) is 0 Å². The van der Waals surface area contributed by atoms with Crippen LogP contribution in [0.4, 0.5) is 5.69 Å². The standard InChI is InChI=1S/C10H12BrNO/c1-12(2)9-5-3-8(4-6-9)7-10(11)13/h3-6H,7H2,1-2H3. The number of rotatable bonds is 3. The Balaban J connectivity index is 2.75. The van der Waals surface area contributed by atoms with E-state index in [4.69, 9.17) is 0 Å². The highest BCUT2D eigenvalue weighted by atomic mass is 79.9. The first-order valence-electron chi connectivity index (χ1n) is 4.04. The Kier molecular flexibility index (Phi) is 3.48. The van der Waals surface area contributed by atoms with Crippen LogP contribution in [0, 0.1) is 0 Å². The fraction of sp³-hybridized carbons (Fsp3) is 0.300. The van der Waals surface area contributed by atoms with E-state index in [0.29, 0.717) is 6.42 Å². The highest BCUT2D eigenvalue weighted by Gasteiger charge is 1.99. The van der Waals surface area contributed by atoms with E-state index in [1.165, 1.54) is 0 Å². The third-order valence-electron chi connectivity index (χ3n) is 1.80. The van der Waals surface area contributed by atoms with Gasteiger partial charge in [0.25, 0.3) is 0 Å². The van der Waals surface area contributed by atoms with Crippen molar-refractivity contribution in [1.82, 2.24) is 0 Å². The van der Waals surface area contributed by atoms with E-state index >= 15 is 0 Å². The summed E-state index contributed by atoms with van der Waals surface area (Å²) in [4.78, 5) is 12.8. The van der Waals surface area contributed by atoms with E-state index < -0.39 is 0 Å². The summed E-state index contributed by atoms with van der Waals surface area (Å²) >= 11 is 2.91. The van der Waals surface area contributed by atoms with E-state index in [0.717, 1.165) is 11.3 Å². The Morgan fingerprint density at radius 1 is 1.31 bits per heavy atom. The van der Waals surface area contributed by atoms with Gasteiger partial charge in [0.15, 0.2) is 0 Å². The SMILES string of the molecule is CN(C)c1ccc(CC(=O)Br)cc1. The molecule has 1 aromatic carbocycles. The summed E-state index contributed by atoms with van der Waals surface area (Å²) in [5.41, 5.74) is 2.18. The zero-order valence-corrected chi connectivity index (χ0v) is 9.34. The minimum atomic E-state index is 0.0186. The predicted molar refractivity (Wildman–Crippen MR) is 58.4 cm³/mol. The number of carbonyl (C=O) groups is 1. The first-order valence-corrected chi connectivity index (χ1v) is 4.83. The molecule has 0 N–H and O–H groups in total. The third kappa shape index (κ3) is 3.19. The van der Waals surface area contributed by atoms with Crippen LogP contribution >= 0.6 is 15.9 Å². The summed E-state index contributed by atoms with van der Waals surface area (Å²) in [6.45, 7) is 0. The molecule has 0 bridgehead atoms. The topological polar surface area (TPSA) is 20.3 Å². The van der Waals surface area contributed by atoms with Crippen LogP contribution in [0.5, 0.6) is 0 Å². The fourth-order valence-corrected chi connectivity index (χ4v) is 1.40. The van der Waals surface area contributed by atoms with Crippen molar-refractivity contribution in [2.24, 2.45) is 0 Å². The van der Waals surface area contributed by atoms with E-state index in [-0.39, 0.29) is 4.69 Å². The third-order valence-corrected chi connectivity index (χ3v) is 2.08. The molecule has 0 aliphatic carbocycles. The summed E-state index contributed by atoms with van der Waals surface area (Å²) in [6.07, 6.45) is 0.452. The van der Waals surface area contributed by atoms with Gasteiger partial charge in [0.05, 0.1) is 0 Å². The molecule has 2 nitrogen and oxygen atoms in total. The van der Waals surface area contributed by atoms with Gasteiger partial charge < -0.3 is 4.90 Å². The lowest BCUT2D eigenvalue weighted by molar-refractivity contribution is -0.109. The average molecular weight is 242 g/mol. The number of anilines is 1. The first-order chi connectivity index (χ1) is 6.09. The molecule has 0 aliphatic heterocycles. The maximum Gasteiger partial charge on any atom is 0.202 e. The largest absolute Gasteiger partial charge is 0.378 e. The molecule has 3 heteroatoms. The second kappa shape index (κ2) is 4.42. The van der Waals surface area contributed by atoms with Crippen molar-refractivity contribution in [3.8, 4) is 0 Å². The van der Waals surface area contributed by atoms with Gasteiger partial charge in [-0.3, -0.25) is 4.79 Å². The number of halogens is 1. The Morgan fingerprint density at radius 2 is 1.85 bits per heavy atom. The Hall–Kier alpha value is -0.830. The summed E-state index contributed by atoms with van der Waals surface area (Å²) in [5, 5.41) is 0. The molecular formula is C10H12BrNO. The summed E-state index contributed by atoms with van der Waals surface area (Å²) in [6, 6.07) is 7.94. The van der Waals surface area contributed by atoms with Crippen molar-refractivity contribution in [3.63, 3.8) is 0 Å². The van der Waals surface area contributed by atoms with Crippen LogP contribution in [0.15, 0.2) is 24.3 Å². The van der Waals surface area contributed by atoms with Crippen LogP contribution in [-0.4, -0.2) is 18.8 Å². The minimum Gasteiger partial charge on any atom is -0.378 e. The van der Waals surface area contributed by atoms with Crippen molar-refractivity contribution in [2.75, 3.05) is 19.0 Å². The number of hydrogen-bond donors (Lipinski definition) is 0. The van der Waals surface area contributed by atoms with Gasteiger partial charge in [0.2, 0.25) is 4.69 Å². The van der Waals surface area contributed by atoms with E-state index in [9.17, 15) is 4.79 Å². The molecule has 0 spiro atoms. The molecule has 0 heterocycles. The second-order valence-corrected chi connectivity index (χ2v) is 3.98. The van der Waals surface area contributed by atoms with Crippen molar-refractivity contribution >= 4 is 26.3 Å². The monoisotopic (exact) mass is 241 g/mol. The maximum absolute atomic E-state index is 10.7. The molecule has 1 rings (SSSR count). The summed E-state index contributed by atoms with van der Waals surface area (Å²) in [5.74, 6) is 0. The molecule has 70 valence electrons. The van der Waals surface area contributed by atoms with Crippen molar-refractivity contribution in [2.45, 2.75) is 6.42 Å². The smallest absolute Gasteiger partial charge is 0.202 e. The van der Waals surface area contributed by atoms with Crippen LogP contribution in [0.3, 0.4) is 0 Å². The number of carbonyl (C=O) groups excluding carboxylic acids is 1. The van der Waals surface area contributed by atoms with Crippen LogP contribution < -0.4 is 4.90 Å². The van der Waals surface area contributed by atoms with Gasteiger partial charge >= 0.3 is 0 Å². The number of nitrogens with zero attached hydrogens (tertiary/aromatic N) is 1. The minimum absolute atomic E-state index is 0.0186. The normalized spacial score (nSPS) is 9.77. The van der Waals surface area contributed by atoms with Crippen molar-refractivity contribution in [1.29, 1.82) is 0 Å². The zero-order chi connectivity index (χ0) is 9.84. The lowest BCUT2D eigenvalue weighted by Crippen LogP contribution is -2.08. The predicted octanol–water partition coefficient (Wildman–Crippen LogP) is 2.22. The molecule has 0 unspecified atom stereocenters. The highest BCUT2D eigenvalue weighted by Crippen LogP contribution is 2.13.